The number of nitrogens with one attached hydrogen (secondary N) is 2. The van der Waals surface area contributed by atoms with Crippen molar-refractivity contribution in [3.63, 3.8) is 0 Å². The highest BCUT2D eigenvalue weighted by Gasteiger charge is 2.18. The standard InChI is InChI=1S/C7H14N2O2/c1-11-5-7-3-8-2-6(4-10)9-7/h4,6-9H,2-3,5H2,1H3/t6?,7-/m0/s1. The number of ether oxygens (including phenoxy) is 1. The molecule has 0 bridgehead atoms. The molecule has 0 aliphatic carbocycles. The minimum Gasteiger partial charge on any atom is -0.383 e. The predicted molar refractivity (Wildman–Crippen MR) is 41.5 cm³/mol. The second-order valence-corrected chi connectivity index (χ2v) is 2.72. The first kappa shape index (κ1) is 8.64. The van der Waals surface area contributed by atoms with E-state index in [1.54, 1.807) is 7.11 Å². The Morgan fingerprint density at radius 3 is 3.09 bits per heavy atom. The van der Waals surface area contributed by atoms with E-state index in [2.05, 4.69) is 10.6 Å². The topological polar surface area (TPSA) is 50.4 Å². The maximum Gasteiger partial charge on any atom is 0.138 e. The van der Waals surface area contributed by atoms with Crippen LogP contribution in [-0.2, 0) is 9.53 Å². The zero-order chi connectivity index (χ0) is 8.10. The maximum atomic E-state index is 10.4. The van der Waals surface area contributed by atoms with E-state index in [1.807, 2.05) is 0 Å². The maximum absolute atomic E-state index is 10.4. The van der Waals surface area contributed by atoms with Crippen LogP contribution in [0.5, 0.6) is 0 Å². The lowest BCUT2D eigenvalue weighted by molar-refractivity contribution is -0.110. The average molecular weight is 158 g/mol. The second-order valence-electron chi connectivity index (χ2n) is 2.72. The van der Waals surface area contributed by atoms with Crippen molar-refractivity contribution in [1.82, 2.24) is 10.6 Å². The van der Waals surface area contributed by atoms with E-state index >= 15 is 0 Å². The van der Waals surface area contributed by atoms with Crippen LogP contribution in [0.3, 0.4) is 0 Å². The smallest absolute Gasteiger partial charge is 0.138 e. The minimum absolute atomic E-state index is 0.0519. The number of piperazine rings is 1. The molecule has 1 aliphatic rings. The SMILES string of the molecule is COC[C@@H]1CNCC(C=O)N1. The summed E-state index contributed by atoms with van der Waals surface area (Å²) in [6, 6.07) is 0.216. The lowest BCUT2D eigenvalue weighted by Crippen LogP contribution is -2.57. The van der Waals surface area contributed by atoms with Crippen molar-refractivity contribution >= 4 is 6.29 Å². The van der Waals surface area contributed by atoms with E-state index < -0.39 is 0 Å². The quantitative estimate of drug-likeness (QED) is 0.504. The number of rotatable bonds is 3. The van der Waals surface area contributed by atoms with Gasteiger partial charge in [0.15, 0.2) is 0 Å². The molecule has 0 aromatic heterocycles. The van der Waals surface area contributed by atoms with Gasteiger partial charge in [-0.25, -0.2) is 0 Å². The molecule has 1 heterocycles. The molecular weight excluding hydrogens is 144 g/mol. The van der Waals surface area contributed by atoms with Crippen LogP contribution in [0, 0.1) is 0 Å². The van der Waals surface area contributed by atoms with Gasteiger partial charge in [-0.3, -0.25) is 0 Å². The fraction of sp³-hybridized carbons (Fsp3) is 0.857. The van der Waals surface area contributed by atoms with Crippen LogP contribution in [0.1, 0.15) is 0 Å². The van der Waals surface area contributed by atoms with Gasteiger partial charge >= 0.3 is 0 Å². The molecule has 11 heavy (non-hydrogen) atoms. The fourth-order valence-electron chi connectivity index (χ4n) is 1.23. The van der Waals surface area contributed by atoms with E-state index in [9.17, 15) is 4.79 Å². The third-order valence-electron chi connectivity index (χ3n) is 1.74. The second kappa shape index (κ2) is 4.43. The van der Waals surface area contributed by atoms with E-state index in [1.165, 1.54) is 0 Å². The predicted octanol–water partition coefficient (Wildman–Crippen LogP) is -1.24. The van der Waals surface area contributed by atoms with Crippen molar-refractivity contribution in [2.45, 2.75) is 12.1 Å². The zero-order valence-corrected chi connectivity index (χ0v) is 6.67. The van der Waals surface area contributed by atoms with Gasteiger partial charge < -0.3 is 20.2 Å². The Morgan fingerprint density at radius 2 is 2.45 bits per heavy atom. The summed E-state index contributed by atoms with van der Waals surface area (Å²) in [7, 11) is 1.66. The summed E-state index contributed by atoms with van der Waals surface area (Å²) in [6.07, 6.45) is 0.925. The van der Waals surface area contributed by atoms with Gasteiger partial charge in [0.05, 0.1) is 12.6 Å². The molecule has 0 saturated carbocycles. The van der Waals surface area contributed by atoms with Gasteiger partial charge in [-0.15, -0.1) is 0 Å². The van der Waals surface area contributed by atoms with Crippen LogP contribution in [0.2, 0.25) is 0 Å². The Balaban J connectivity index is 2.27. The Labute approximate surface area is 66.3 Å². The zero-order valence-electron chi connectivity index (χ0n) is 6.67. The van der Waals surface area contributed by atoms with Gasteiger partial charge in [0.2, 0.25) is 0 Å². The summed E-state index contributed by atoms with van der Waals surface area (Å²) >= 11 is 0. The van der Waals surface area contributed by atoms with Crippen LogP contribution in [0.25, 0.3) is 0 Å². The van der Waals surface area contributed by atoms with Gasteiger partial charge in [-0.05, 0) is 0 Å². The molecule has 1 aliphatic heterocycles. The third-order valence-corrected chi connectivity index (χ3v) is 1.74. The first-order valence-electron chi connectivity index (χ1n) is 3.78. The van der Waals surface area contributed by atoms with Crippen molar-refractivity contribution in [3.8, 4) is 0 Å². The molecule has 4 nitrogen and oxygen atoms in total. The molecule has 4 heteroatoms. The Bertz CT molecular complexity index is 128. The average Bonchev–Trinajstić information content (AvgIpc) is 2.06. The van der Waals surface area contributed by atoms with E-state index in [-0.39, 0.29) is 12.1 Å². The number of hydrogen-bond donors (Lipinski definition) is 2. The fourth-order valence-corrected chi connectivity index (χ4v) is 1.23. The Kier molecular flexibility index (Phi) is 3.48. The number of aldehydes is 1. The monoisotopic (exact) mass is 158 g/mol. The minimum atomic E-state index is -0.0519. The van der Waals surface area contributed by atoms with Crippen LogP contribution in [0.4, 0.5) is 0 Å². The molecule has 1 fully saturated rings. The number of carbonyl (C=O) groups excluding carboxylic acids is 1. The molecule has 2 N–H and O–H groups in total. The summed E-state index contributed by atoms with van der Waals surface area (Å²) in [6.45, 7) is 2.25. The van der Waals surface area contributed by atoms with E-state index in [4.69, 9.17) is 4.74 Å². The number of hydrogen-bond acceptors (Lipinski definition) is 4. The van der Waals surface area contributed by atoms with Gasteiger partial charge in [-0.2, -0.15) is 0 Å². The molecule has 1 unspecified atom stereocenters. The number of methoxy groups -OCH3 is 1. The van der Waals surface area contributed by atoms with Gasteiger partial charge in [0, 0.05) is 26.2 Å². The highest BCUT2D eigenvalue weighted by Crippen LogP contribution is 1.92. The lowest BCUT2D eigenvalue weighted by atomic mass is 10.2. The molecule has 0 aromatic carbocycles. The van der Waals surface area contributed by atoms with Crippen molar-refractivity contribution in [2.24, 2.45) is 0 Å². The summed E-state index contributed by atoms with van der Waals surface area (Å²) in [4.78, 5) is 10.4. The molecule has 0 radical (unpaired) electrons. The molecule has 0 spiro atoms. The summed E-state index contributed by atoms with van der Waals surface area (Å²) in [5.74, 6) is 0. The largest absolute Gasteiger partial charge is 0.383 e. The lowest BCUT2D eigenvalue weighted by Gasteiger charge is -2.28. The molecule has 64 valence electrons. The van der Waals surface area contributed by atoms with Gasteiger partial charge in [0.25, 0.3) is 0 Å². The van der Waals surface area contributed by atoms with E-state index in [0.717, 1.165) is 19.4 Å². The molecule has 1 saturated heterocycles. The number of carbonyl (C=O) groups is 1. The van der Waals surface area contributed by atoms with Crippen LogP contribution < -0.4 is 10.6 Å². The molecule has 1 rings (SSSR count). The van der Waals surface area contributed by atoms with Crippen LogP contribution in [0.15, 0.2) is 0 Å². The van der Waals surface area contributed by atoms with Gasteiger partial charge in [0.1, 0.15) is 6.29 Å². The first-order valence-corrected chi connectivity index (χ1v) is 3.78. The van der Waals surface area contributed by atoms with Crippen molar-refractivity contribution in [2.75, 3.05) is 26.8 Å². The first-order chi connectivity index (χ1) is 5.36. The molecular formula is C7H14N2O2. The third kappa shape index (κ3) is 2.57. The summed E-state index contributed by atoms with van der Waals surface area (Å²) in [5, 5.41) is 6.30. The van der Waals surface area contributed by atoms with E-state index in [0.29, 0.717) is 6.61 Å². The normalized spacial score (nSPS) is 31.7. The molecule has 0 amide bonds. The molecule has 2 atom stereocenters. The van der Waals surface area contributed by atoms with Crippen LogP contribution in [-0.4, -0.2) is 45.2 Å². The van der Waals surface area contributed by atoms with Gasteiger partial charge in [-0.1, -0.05) is 0 Å². The Hall–Kier alpha value is -0.450. The van der Waals surface area contributed by atoms with Crippen molar-refractivity contribution in [1.29, 1.82) is 0 Å². The Morgan fingerprint density at radius 1 is 1.64 bits per heavy atom. The highest BCUT2D eigenvalue weighted by atomic mass is 16.5. The summed E-state index contributed by atoms with van der Waals surface area (Å²) in [5.41, 5.74) is 0. The highest BCUT2D eigenvalue weighted by molar-refractivity contribution is 5.58. The van der Waals surface area contributed by atoms with Crippen molar-refractivity contribution in [3.05, 3.63) is 0 Å². The van der Waals surface area contributed by atoms with Crippen molar-refractivity contribution < 1.29 is 9.53 Å². The molecule has 0 aromatic rings. The summed E-state index contributed by atoms with van der Waals surface area (Å²) < 4.78 is 4.96. The van der Waals surface area contributed by atoms with Crippen LogP contribution >= 0.6 is 0 Å².